The fourth-order valence-electron chi connectivity index (χ4n) is 1.36. The van der Waals surface area contributed by atoms with Crippen LogP contribution in [0.2, 0.25) is 0 Å². The second-order valence-electron chi connectivity index (χ2n) is 3.68. The Morgan fingerprint density at radius 2 is 2.00 bits per heavy atom. The van der Waals surface area contributed by atoms with E-state index < -0.39 is 23.8 Å². The lowest BCUT2D eigenvalue weighted by Gasteiger charge is -2.07. The maximum absolute atomic E-state index is 11.9. The molecule has 0 aliphatic heterocycles. The van der Waals surface area contributed by atoms with Crippen molar-refractivity contribution in [1.29, 1.82) is 5.26 Å². The number of unbranched alkanes of at least 4 members (excludes halogenated alkanes) is 1. The van der Waals surface area contributed by atoms with Crippen LogP contribution in [-0.2, 0) is 6.54 Å². The maximum atomic E-state index is 11.9. The molecule has 98 valence electrons. The zero-order chi connectivity index (χ0) is 13.8. The van der Waals surface area contributed by atoms with Crippen LogP contribution in [0, 0.1) is 11.3 Å². The lowest BCUT2D eigenvalue weighted by atomic mass is 10.2. The van der Waals surface area contributed by atoms with E-state index in [-0.39, 0.29) is 24.9 Å². The van der Waals surface area contributed by atoms with Crippen molar-refractivity contribution in [2.45, 2.75) is 32.0 Å². The Morgan fingerprint density at radius 3 is 2.56 bits per heavy atom. The zero-order valence-corrected chi connectivity index (χ0v) is 9.25. The molecule has 0 radical (unpaired) electrons. The Kier molecular flexibility index (Phi) is 4.31. The molecule has 8 heteroatoms. The maximum Gasteiger partial charge on any atom is 0.389 e. The third-order valence-corrected chi connectivity index (χ3v) is 2.24. The first-order chi connectivity index (χ1) is 8.33. The first kappa shape index (κ1) is 14.0. The van der Waals surface area contributed by atoms with Crippen molar-refractivity contribution < 1.29 is 13.2 Å². The highest BCUT2D eigenvalue weighted by molar-refractivity contribution is 5.21. The molecule has 0 aromatic carbocycles. The summed E-state index contributed by atoms with van der Waals surface area (Å²) >= 11 is 0. The standard InChI is InChI=1S/C10H10F3N3O2/c11-10(12,13)3-1-2-4-16-6-7(5-14)8(17)15-9(16)18/h6H,1-4H2,(H,15,17,18). The van der Waals surface area contributed by atoms with Crippen LogP contribution in [0.15, 0.2) is 15.8 Å². The number of rotatable bonds is 4. The second kappa shape index (κ2) is 5.53. The van der Waals surface area contributed by atoms with Crippen LogP contribution in [0.25, 0.3) is 0 Å². The average Bonchev–Trinajstić information content (AvgIpc) is 2.25. The van der Waals surface area contributed by atoms with Crippen LogP contribution in [0.5, 0.6) is 0 Å². The van der Waals surface area contributed by atoms with Crippen LogP contribution in [0.3, 0.4) is 0 Å². The van der Waals surface area contributed by atoms with Gasteiger partial charge in [0.2, 0.25) is 0 Å². The van der Waals surface area contributed by atoms with Crippen LogP contribution >= 0.6 is 0 Å². The third-order valence-electron chi connectivity index (χ3n) is 2.24. The predicted molar refractivity (Wildman–Crippen MR) is 55.9 cm³/mol. The van der Waals surface area contributed by atoms with E-state index in [0.29, 0.717) is 0 Å². The van der Waals surface area contributed by atoms with E-state index in [1.807, 2.05) is 4.98 Å². The molecule has 0 saturated heterocycles. The van der Waals surface area contributed by atoms with Crippen LogP contribution < -0.4 is 11.2 Å². The molecular formula is C10H10F3N3O2. The number of aromatic nitrogens is 2. The quantitative estimate of drug-likeness (QED) is 0.825. The van der Waals surface area contributed by atoms with Crippen molar-refractivity contribution >= 4 is 0 Å². The van der Waals surface area contributed by atoms with E-state index in [9.17, 15) is 22.8 Å². The van der Waals surface area contributed by atoms with E-state index in [1.54, 1.807) is 6.07 Å². The molecule has 1 rings (SSSR count). The number of hydrogen-bond acceptors (Lipinski definition) is 3. The van der Waals surface area contributed by atoms with Gasteiger partial charge in [-0.2, -0.15) is 18.4 Å². The van der Waals surface area contributed by atoms with Crippen molar-refractivity contribution in [2.24, 2.45) is 0 Å². The summed E-state index contributed by atoms with van der Waals surface area (Å²) in [5.41, 5.74) is -1.77. The topological polar surface area (TPSA) is 78.7 Å². The predicted octanol–water partition coefficient (Wildman–Crippen LogP) is 1.14. The zero-order valence-electron chi connectivity index (χ0n) is 9.25. The van der Waals surface area contributed by atoms with Crippen molar-refractivity contribution in [2.75, 3.05) is 0 Å². The lowest BCUT2D eigenvalue weighted by Crippen LogP contribution is -2.31. The number of halogens is 3. The van der Waals surface area contributed by atoms with E-state index in [4.69, 9.17) is 5.26 Å². The van der Waals surface area contributed by atoms with Gasteiger partial charge in [-0.1, -0.05) is 0 Å². The second-order valence-corrected chi connectivity index (χ2v) is 3.68. The first-order valence-corrected chi connectivity index (χ1v) is 5.14. The molecule has 0 aliphatic carbocycles. The highest BCUT2D eigenvalue weighted by atomic mass is 19.4. The number of nitrogens with one attached hydrogen (secondary N) is 1. The monoisotopic (exact) mass is 261 g/mol. The van der Waals surface area contributed by atoms with E-state index in [1.165, 1.54) is 0 Å². The van der Waals surface area contributed by atoms with Gasteiger partial charge >= 0.3 is 11.9 Å². The minimum absolute atomic E-state index is 0.0281. The smallest absolute Gasteiger partial charge is 0.299 e. The van der Waals surface area contributed by atoms with Gasteiger partial charge in [0.1, 0.15) is 11.6 Å². The SMILES string of the molecule is N#Cc1cn(CCCCC(F)(F)F)c(=O)[nH]c1=O. The fourth-order valence-corrected chi connectivity index (χ4v) is 1.36. The van der Waals surface area contributed by atoms with Crippen molar-refractivity contribution in [3.8, 4) is 6.07 Å². The van der Waals surface area contributed by atoms with Gasteiger partial charge < -0.3 is 0 Å². The third kappa shape index (κ3) is 4.08. The first-order valence-electron chi connectivity index (χ1n) is 5.14. The van der Waals surface area contributed by atoms with E-state index >= 15 is 0 Å². The number of alkyl halides is 3. The summed E-state index contributed by atoms with van der Waals surface area (Å²) in [5, 5.41) is 8.58. The Morgan fingerprint density at radius 1 is 1.33 bits per heavy atom. The summed E-state index contributed by atoms with van der Waals surface area (Å²) in [5.74, 6) is 0. The minimum atomic E-state index is -4.21. The van der Waals surface area contributed by atoms with Crippen molar-refractivity contribution in [3.05, 3.63) is 32.6 Å². The molecule has 0 amide bonds. The normalized spacial score (nSPS) is 11.2. The van der Waals surface area contributed by atoms with Gasteiger partial charge in [-0.3, -0.25) is 14.3 Å². The molecule has 0 saturated carbocycles. The molecule has 0 spiro atoms. The van der Waals surface area contributed by atoms with Crippen LogP contribution in [0.4, 0.5) is 13.2 Å². The molecule has 0 atom stereocenters. The molecule has 1 aromatic rings. The molecule has 1 aromatic heterocycles. The Labute approximate surface area is 99.5 Å². The van der Waals surface area contributed by atoms with Gasteiger partial charge in [-0.15, -0.1) is 0 Å². The molecule has 0 aliphatic rings. The Bertz CT molecular complexity index is 565. The molecule has 18 heavy (non-hydrogen) atoms. The highest BCUT2D eigenvalue weighted by Gasteiger charge is 2.25. The largest absolute Gasteiger partial charge is 0.389 e. The van der Waals surface area contributed by atoms with Gasteiger partial charge in [-0.05, 0) is 12.8 Å². The molecule has 5 nitrogen and oxygen atoms in total. The number of H-pyrrole nitrogens is 1. The van der Waals surface area contributed by atoms with Gasteiger partial charge in [0.15, 0.2) is 0 Å². The summed E-state index contributed by atoms with van der Waals surface area (Å²) in [4.78, 5) is 24.2. The summed E-state index contributed by atoms with van der Waals surface area (Å²) in [6.07, 6.45) is -4.06. The average molecular weight is 261 g/mol. The van der Waals surface area contributed by atoms with Crippen molar-refractivity contribution in [3.63, 3.8) is 0 Å². The molecular weight excluding hydrogens is 251 g/mol. The number of nitrogens with zero attached hydrogens (tertiary/aromatic N) is 2. The van der Waals surface area contributed by atoms with E-state index in [2.05, 4.69) is 0 Å². The number of aryl methyl sites for hydroxylation is 1. The van der Waals surface area contributed by atoms with Gasteiger partial charge in [-0.25, -0.2) is 4.79 Å². The van der Waals surface area contributed by atoms with Crippen LogP contribution in [0.1, 0.15) is 24.8 Å². The molecule has 0 unspecified atom stereocenters. The van der Waals surface area contributed by atoms with Crippen LogP contribution in [-0.4, -0.2) is 15.7 Å². The summed E-state index contributed by atoms with van der Waals surface area (Å²) < 4.78 is 36.6. The summed E-state index contributed by atoms with van der Waals surface area (Å²) in [6, 6.07) is 1.59. The van der Waals surface area contributed by atoms with Gasteiger partial charge in [0.25, 0.3) is 5.56 Å². The van der Waals surface area contributed by atoms with E-state index in [0.717, 1.165) is 10.8 Å². The lowest BCUT2D eigenvalue weighted by molar-refractivity contribution is -0.135. The number of nitriles is 1. The number of aromatic amines is 1. The minimum Gasteiger partial charge on any atom is -0.299 e. The van der Waals surface area contributed by atoms with Gasteiger partial charge in [0.05, 0.1) is 0 Å². The molecule has 0 fully saturated rings. The Balaban J connectivity index is 2.67. The van der Waals surface area contributed by atoms with Gasteiger partial charge in [0, 0.05) is 19.2 Å². The van der Waals surface area contributed by atoms with Crippen molar-refractivity contribution in [1.82, 2.24) is 9.55 Å². The molecule has 1 N–H and O–H groups in total. The summed E-state index contributed by atoms with van der Waals surface area (Å²) in [7, 11) is 0. The highest BCUT2D eigenvalue weighted by Crippen LogP contribution is 2.22. The summed E-state index contributed by atoms with van der Waals surface area (Å²) in [6.45, 7) is 0.0281. The number of hydrogen-bond donors (Lipinski definition) is 1. The fraction of sp³-hybridized carbons (Fsp3) is 0.500. The molecule has 1 heterocycles. The Hall–Kier alpha value is -2.04. The molecule has 0 bridgehead atoms.